The summed E-state index contributed by atoms with van der Waals surface area (Å²) in [5, 5.41) is 1.14. The van der Waals surface area contributed by atoms with Crippen LogP contribution in [0.25, 0.3) is 0 Å². The van der Waals surface area contributed by atoms with Gasteiger partial charge in [-0.3, -0.25) is 0 Å². The summed E-state index contributed by atoms with van der Waals surface area (Å²) in [6.45, 7) is 0. The first-order valence-corrected chi connectivity index (χ1v) is 3.19. The first kappa shape index (κ1) is 5.61. The van der Waals surface area contributed by atoms with E-state index in [0.29, 0.717) is 10.6 Å². The molecule has 1 aromatic heterocycles. The number of fused-ring (bicyclic) bond motifs is 1. The summed E-state index contributed by atoms with van der Waals surface area (Å²) in [7, 11) is 0. The van der Waals surface area contributed by atoms with Gasteiger partial charge in [-0.25, -0.2) is 9.98 Å². The van der Waals surface area contributed by atoms with Gasteiger partial charge < -0.3 is 0 Å². The molecular formula is C6H3N3S. The average Bonchev–Trinajstić information content (AvgIpc) is 2.27. The fourth-order valence-corrected chi connectivity index (χ4v) is 0.965. The van der Waals surface area contributed by atoms with Crippen molar-refractivity contribution in [3.8, 4) is 0 Å². The molecule has 1 aliphatic heterocycles. The number of hydrogen-bond donors (Lipinski definition) is 0. The summed E-state index contributed by atoms with van der Waals surface area (Å²) in [5.74, 6) is 0. The average molecular weight is 149 g/mol. The van der Waals surface area contributed by atoms with Crippen molar-refractivity contribution < 1.29 is 0 Å². The zero-order valence-corrected chi connectivity index (χ0v) is 5.80. The Morgan fingerprint density at radius 2 is 2.20 bits per heavy atom. The molecule has 0 spiro atoms. The molecule has 0 amide bonds. The first-order chi connectivity index (χ1) is 4.86. The largest absolute Gasteiger partial charge is 0.235 e. The van der Waals surface area contributed by atoms with Crippen LogP contribution in [-0.2, 0) is 0 Å². The molecule has 2 rings (SSSR count). The highest BCUT2D eigenvalue weighted by molar-refractivity contribution is 7.80. The van der Waals surface area contributed by atoms with Gasteiger partial charge in [0.25, 0.3) is 0 Å². The van der Waals surface area contributed by atoms with Crippen LogP contribution in [-0.4, -0.2) is 10.1 Å². The monoisotopic (exact) mass is 149 g/mol. The van der Waals surface area contributed by atoms with Gasteiger partial charge in [-0.2, -0.15) is 4.99 Å². The normalized spacial score (nSPS) is 13.8. The van der Waals surface area contributed by atoms with Gasteiger partial charge in [0.15, 0.2) is 5.49 Å². The van der Waals surface area contributed by atoms with Gasteiger partial charge in [0.2, 0.25) is 5.11 Å². The highest BCUT2D eigenvalue weighted by Gasteiger charge is 1.98. The van der Waals surface area contributed by atoms with Gasteiger partial charge in [0.1, 0.15) is 5.36 Å². The summed E-state index contributed by atoms with van der Waals surface area (Å²) in [5.41, 5.74) is 0.632. The number of thiocarbonyl (C=S) groups is 1. The lowest BCUT2D eigenvalue weighted by Gasteiger charge is -1.75. The first-order valence-electron chi connectivity index (χ1n) is 2.79. The predicted octanol–water partition coefficient (Wildman–Crippen LogP) is -0.381. The van der Waals surface area contributed by atoms with Crippen LogP contribution in [0, 0.1) is 0 Å². The number of rotatable bonds is 0. The summed E-state index contributed by atoms with van der Waals surface area (Å²) in [4.78, 5) is 11.8. The van der Waals surface area contributed by atoms with Crippen molar-refractivity contribution in [2.24, 2.45) is 9.98 Å². The second kappa shape index (κ2) is 1.91. The quantitative estimate of drug-likeness (QED) is 0.471. The number of pyridine rings is 1. The van der Waals surface area contributed by atoms with Gasteiger partial charge in [-0.15, -0.1) is 0 Å². The maximum atomic E-state index is 4.75. The summed E-state index contributed by atoms with van der Waals surface area (Å²) < 4.78 is 0. The highest BCUT2D eigenvalue weighted by atomic mass is 32.1. The van der Waals surface area contributed by atoms with E-state index in [1.165, 1.54) is 0 Å². The molecule has 0 bridgehead atoms. The highest BCUT2D eigenvalue weighted by Crippen LogP contribution is 1.82. The van der Waals surface area contributed by atoms with E-state index >= 15 is 0 Å². The molecule has 0 fully saturated rings. The predicted molar refractivity (Wildman–Crippen MR) is 39.1 cm³/mol. The van der Waals surface area contributed by atoms with Crippen molar-refractivity contribution >= 4 is 17.3 Å². The van der Waals surface area contributed by atoms with E-state index in [4.69, 9.17) is 12.2 Å². The van der Waals surface area contributed by atoms with Crippen molar-refractivity contribution in [2.75, 3.05) is 0 Å². The number of nitrogens with zero attached hydrogens (tertiary/aromatic N) is 3. The third-order valence-electron chi connectivity index (χ3n) is 1.18. The summed E-state index contributed by atoms with van der Waals surface area (Å²) in [6.07, 6.45) is 1.67. The van der Waals surface area contributed by atoms with E-state index in [0.717, 1.165) is 5.36 Å². The van der Waals surface area contributed by atoms with Crippen LogP contribution in [0.1, 0.15) is 0 Å². The van der Waals surface area contributed by atoms with Gasteiger partial charge >= 0.3 is 0 Å². The Balaban J connectivity index is 2.96. The van der Waals surface area contributed by atoms with E-state index in [9.17, 15) is 0 Å². The third kappa shape index (κ3) is 0.733. The second-order valence-corrected chi connectivity index (χ2v) is 2.22. The van der Waals surface area contributed by atoms with Gasteiger partial charge in [0.05, 0.1) is 0 Å². The molecule has 4 heteroatoms. The summed E-state index contributed by atoms with van der Waals surface area (Å²) >= 11 is 4.75. The molecule has 0 saturated carbocycles. The van der Waals surface area contributed by atoms with Crippen LogP contribution < -0.4 is 10.8 Å². The minimum absolute atomic E-state index is 0.369. The van der Waals surface area contributed by atoms with Crippen molar-refractivity contribution in [3.05, 3.63) is 29.2 Å². The Hall–Kier alpha value is -1.16. The van der Waals surface area contributed by atoms with E-state index in [1.807, 2.05) is 12.1 Å². The molecule has 1 aliphatic rings. The molecule has 0 saturated heterocycles. The maximum absolute atomic E-state index is 4.75. The Kier molecular flexibility index (Phi) is 1.07. The van der Waals surface area contributed by atoms with Crippen LogP contribution in [0.5, 0.6) is 0 Å². The SMILES string of the molecule is S=C1N=c2cccnc2=N1. The lowest BCUT2D eigenvalue weighted by molar-refractivity contribution is 1.15. The maximum Gasteiger partial charge on any atom is 0.221 e. The Morgan fingerprint density at radius 3 is 3.00 bits per heavy atom. The standard InChI is InChI=1S/C6H3N3S/c10-6-8-4-2-1-3-7-5(4)9-6/h1-3H. The van der Waals surface area contributed by atoms with Crippen LogP contribution in [0.2, 0.25) is 0 Å². The zero-order valence-electron chi connectivity index (χ0n) is 4.98. The Bertz CT molecular complexity index is 359. The second-order valence-electron chi connectivity index (χ2n) is 1.85. The lowest BCUT2D eigenvalue weighted by atomic mass is 10.5. The molecule has 2 heterocycles. The molecular weight excluding hydrogens is 146 g/mol. The van der Waals surface area contributed by atoms with E-state index in [1.54, 1.807) is 6.20 Å². The van der Waals surface area contributed by atoms with Crippen LogP contribution >= 0.6 is 12.2 Å². The van der Waals surface area contributed by atoms with E-state index in [2.05, 4.69) is 15.0 Å². The Labute approximate surface area is 62.2 Å². The number of hydrogen-bond acceptors (Lipinski definition) is 2. The molecule has 0 unspecified atom stereocenters. The van der Waals surface area contributed by atoms with Gasteiger partial charge in [-0.1, -0.05) is 0 Å². The molecule has 0 radical (unpaired) electrons. The third-order valence-corrected chi connectivity index (χ3v) is 1.37. The molecule has 0 N–H and O–H groups in total. The number of aromatic nitrogens is 1. The molecule has 1 aromatic rings. The molecule has 10 heavy (non-hydrogen) atoms. The topological polar surface area (TPSA) is 37.6 Å². The fourth-order valence-electron chi connectivity index (χ4n) is 0.781. The molecule has 0 atom stereocenters. The zero-order chi connectivity index (χ0) is 6.97. The van der Waals surface area contributed by atoms with Crippen molar-refractivity contribution in [3.63, 3.8) is 0 Å². The van der Waals surface area contributed by atoms with Gasteiger partial charge in [0, 0.05) is 6.20 Å². The van der Waals surface area contributed by atoms with Crippen molar-refractivity contribution in [2.45, 2.75) is 0 Å². The summed E-state index contributed by atoms with van der Waals surface area (Å²) in [6, 6.07) is 3.65. The molecule has 0 aliphatic carbocycles. The van der Waals surface area contributed by atoms with E-state index < -0.39 is 0 Å². The Morgan fingerprint density at radius 1 is 1.30 bits per heavy atom. The fraction of sp³-hybridized carbons (Fsp3) is 0. The van der Waals surface area contributed by atoms with Crippen molar-refractivity contribution in [1.82, 2.24) is 4.98 Å². The molecule has 0 aromatic carbocycles. The molecule has 48 valence electrons. The minimum Gasteiger partial charge on any atom is -0.235 e. The van der Waals surface area contributed by atoms with Crippen LogP contribution in [0.15, 0.2) is 28.3 Å². The minimum atomic E-state index is 0.369. The van der Waals surface area contributed by atoms with Crippen LogP contribution in [0.4, 0.5) is 0 Å². The molecule has 3 nitrogen and oxygen atoms in total. The van der Waals surface area contributed by atoms with Crippen LogP contribution in [0.3, 0.4) is 0 Å². The van der Waals surface area contributed by atoms with Gasteiger partial charge in [-0.05, 0) is 24.4 Å². The van der Waals surface area contributed by atoms with E-state index in [-0.39, 0.29) is 0 Å². The smallest absolute Gasteiger partial charge is 0.221 e. The van der Waals surface area contributed by atoms with Crippen molar-refractivity contribution in [1.29, 1.82) is 0 Å². The lowest BCUT2D eigenvalue weighted by Crippen LogP contribution is -2.23.